The zero-order valence-electron chi connectivity index (χ0n) is 13.5. The van der Waals surface area contributed by atoms with Crippen molar-refractivity contribution in [2.24, 2.45) is 0 Å². The van der Waals surface area contributed by atoms with Crippen LogP contribution < -0.4 is 10.0 Å². The summed E-state index contributed by atoms with van der Waals surface area (Å²) in [5.74, 6) is 0. The SMILES string of the molecule is CCCNCCc1ccc(S(=O)(=O)NC(C)(CC)CC)s1. The minimum Gasteiger partial charge on any atom is -0.316 e. The Morgan fingerprint density at radius 3 is 2.38 bits per heavy atom. The molecule has 122 valence electrons. The number of hydrogen-bond donors (Lipinski definition) is 2. The summed E-state index contributed by atoms with van der Waals surface area (Å²) < 4.78 is 28.1. The molecule has 4 nitrogen and oxygen atoms in total. The highest BCUT2D eigenvalue weighted by molar-refractivity contribution is 7.91. The molecule has 0 fully saturated rings. The average Bonchev–Trinajstić information content (AvgIpc) is 2.93. The molecule has 21 heavy (non-hydrogen) atoms. The Morgan fingerprint density at radius 1 is 1.14 bits per heavy atom. The van der Waals surface area contributed by atoms with E-state index in [4.69, 9.17) is 0 Å². The topological polar surface area (TPSA) is 58.2 Å². The molecule has 0 aliphatic heterocycles. The fourth-order valence-electron chi connectivity index (χ4n) is 1.92. The van der Waals surface area contributed by atoms with Crippen molar-refractivity contribution < 1.29 is 8.42 Å². The maximum Gasteiger partial charge on any atom is 0.250 e. The molecule has 0 spiro atoms. The highest BCUT2D eigenvalue weighted by Crippen LogP contribution is 2.25. The van der Waals surface area contributed by atoms with E-state index >= 15 is 0 Å². The van der Waals surface area contributed by atoms with E-state index in [1.165, 1.54) is 11.3 Å². The third-order valence-electron chi connectivity index (χ3n) is 3.82. The van der Waals surface area contributed by atoms with Crippen LogP contribution in [0.3, 0.4) is 0 Å². The predicted molar refractivity (Wildman–Crippen MR) is 90.5 cm³/mol. The second-order valence-corrected chi connectivity index (χ2v) is 8.67. The predicted octanol–water partition coefficient (Wildman–Crippen LogP) is 3.15. The van der Waals surface area contributed by atoms with Crippen LogP contribution in [0.5, 0.6) is 0 Å². The molecule has 0 aliphatic rings. The lowest BCUT2D eigenvalue weighted by Crippen LogP contribution is -2.44. The molecule has 1 heterocycles. The standard InChI is InChI=1S/C15H28N2O2S2/c1-5-11-16-12-10-13-8-9-14(20-13)21(18,19)17-15(4,6-2)7-3/h8-9,16-17H,5-7,10-12H2,1-4H3. The third-order valence-corrected chi connectivity index (χ3v) is 7.09. The molecule has 2 N–H and O–H groups in total. The van der Waals surface area contributed by atoms with Crippen LogP contribution in [-0.2, 0) is 16.4 Å². The van der Waals surface area contributed by atoms with Gasteiger partial charge in [0.1, 0.15) is 4.21 Å². The van der Waals surface area contributed by atoms with Gasteiger partial charge in [0.25, 0.3) is 10.0 Å². The van der Waals surface area contributed by atoms with Gasteiger partial charge >= 0.3 is 0 Å². The number of thiophene rings is 1. The Labute approximate surface area is 133 Å². The molecule has 0 aromatic carbocycles. The highest BCUT2D eigenvalue weighted by Gasteiger charge is 2.28. The minimum absolute atomic E-state index is 0.369. The van der Waals surface area contributed by atoms with Crippen molar-refractivity contribution in [3.63, 3.8) is 0 Å². The third kappa shape index (κ3) is 5.70. The van der Waals surface area contributed by atoms with Crippen molar-refractivity contribution in [2.75, 3.05) is 13.1 Å². The molecule has 0 radical (unpaired) electrons. The summed E-state index contributed by atoms with van der Waals surface area (Å²) in [5, 5.41) is 3.33. The quantitative estimate of drug-likeness (QED) is 0.647. The fraction of sp³-hybridized carbons (Fsp3) is 0.733. The molecule has 0 saturated carbocycles. The van der Waals surface area contributed by atoms with Gasteiger partial charge in [0.2, 0.25) is 0 Å². The maximum absolute atomic E-state index is 12.4. The van der Waals surface area contributed by atoms with Gasteiger partial charge in [-0.25, -0.2) is 13.1 Å². The summed E-state index contributed by atoms with van der Waals surface area (Å²) in [6.07, 6.45) is 3.55. The molecule has 0 saturated heterocycles. The molecule has 6 heteroatoms. The molecule has 1 aromatic rings. The Balaban J connectivity index is 2.70. The van der Waals surface area contributed by atoms with E-state index in [2.05, 4.69) is 17.0 Å². The zero-order chi connectivity index (χ0) is 15.9. The average molecular weight is 333 g/mol. The van der Waals surface area contributed by atoms with E-state index in [1.807, 2.05) is 26.8 Å². The van der Waals surface area contributed by atoms with Gasteiger partial charge in [0.05, 0.1) is 0 Å². The van der Waals surface area contributed by atoms with Crippen molar-refractivity contribution in [3.05, 3.63) is 17.0 Å². The van der Waals surface area contributed by atoms with E-state index in [9.17, 15) is 8.42 Å². The normalized spacial score (nSPS) is 12.8. The van der Waals surface area contributed by atoms with Crippen LogP contribution >= 0.6 is 11.3 Å². The van der Waals surface area contributed by atoms with Gasteiger partial charge in [0.15, 0.2) is 0 Å². The summed E-state index contributed by atoms with van der Waals surface area (Å²) in [7, 11) is -3.41. The fourth-order valence-corrected chi connectivity index (χ4v) is 4.82. The first kappa shape index (κ1) is 18.6. The van der Waals surface area contributed by atoms with Crippen molar-refractivity contribution in [3.8, 4) is 0 Å². The Kier molecular flexibility index (Phi) is 7.33. The van der Waals surface area contributed by atoms with Crippen LogP contribution in [0.2, 0.25) is 0 Å². The molecule has 0 aliphatic carbocycles. The van der Waals surface area contributed by atoms with Gasteiger partial charge in [0, 0.05) is 10.4 Å². The van der Waals surface area contributed by atoms with Gasteiger partial charge in [-0.05, 0) is 57.8 Å². The van der Waals surface area contributed by atoms with Crippen LogP contribution in [-0.4, -0.2) is 27.0 Å². The van der Waals surface area contributed by atoms with E-state index in [0.29, 0.717) is 4.21 Å². The van der Waals surface area contributed by atoms with Gasteiger partial charge in [-0.15, -0.1) is 11.3 Å². The monoisotopic (exact) mass is 332 g/mol. The van der Waals surface area contributed by atoms with Gasteiger partial charge in [-0.2, -0.15) is 0 Å². The molecule has 0 unspecified atom stereocenters. The van der Waals surface area contributed by atoms with Crippen LogP contribution in [0.4, 0.5) is 0 Å². The molecule has 0 atom stereocenters. The summed E-state index contributed by atoms with van der Waals surface area (Å²) in [4.78, 5) is 1.11. The molecule has 1 aromatic heterocycles. The van der Waals surface area contributed by atoms with E-state index in [-0.39, 0.29) is 5.54 Å². The molecule has 0 amide bonds. The zero-order valence-corrected chi connectivity index (χ0v) is 15.2. The van der Waals surface area contributed by atoms with Crippen LogP contribution in [0.25, 0.3) is 0 Å². The van der Waals surface area contributed by atoms with Crippen LogP contribution in [0, 0.1) is 0 Å². The van der Waals surface area contributed by atoms with Crippen molar-refractivity contribution in [2.45, 2.75) is 63.1 Å². The molecule has 1 rings (SSSR count). The highest BCUT2D eigenvalue weighted by atomic mass is 32.2. The Morgan fingerprint density at radius 2 is 1.81 bits per heavy atom. The van der Waals surface area contributed by atoms with E-state index in [1.54, 1.807) is 6.07 Å². The second kappa shape index (κ2) is 8.27. The number of hydrogen-bond acceptors (Lipinski definition) is 4. The Hall–Kier alpha value is -0.430. The number of sulfonamides is 1. The van der Waals surface area contributed by atoms with E-state index in [0.717, 1.165) is 43.6 Å². The first-order valence-electron chi connectivity index (χ1n) is 7.70. The van der Waals surface area contributed by atoms with Gasteiger partial charge < -0.3 is 5.32 Å². The molecular weight excluding hydrogens is 304 g/mol. The van der Waals surface area contributed by atoms with Crippen molar-refractivity contribution in [1.82, 2.24) is 10.0 Å². The molecule has 0 bridgehead atoms. The summed E-state index contributed by atoms with van der Waals surface area (Å²) in [6.45, 7) is 9.99. The minimum atomic E-state index is -3.41. The largest absolute Gasteiger partial charge is 0.316 e. The lowest BCUT2D eigenvalue weighted by Gasteiger charge is -2.27. The summed E-state index contributed by atoms with van der Waals surface area (Å²) in [5.41, 5.74) is -0.369. The number of rotatable bonds is 10. The van der Waals surface area contributed by atoms with E-state index < -0.39 is 10.0 Å². The van der Waals surface area contributed by atoms with Crippen molar-refractivity contribution >= 4 is 21.4 Å². The number of nitrogens with one attached hydrogen (secondary N) is 2. The van der Waals surface area contributed by atoms with Crippen LogP contribution in [0.15, 0.2) is 16.3 Å². The first-order chi connectivity index (χ1) is 9.87. The van der Waals surface area contributed by atoms with Crippen LogP contribution in [0.1, 0.15) is 51.8 Å². The lowest BCUT2D eigenvalue weighted by molar-refractivity contribution is 0.389. The lowest BCUT2D eigenvalue weighted by atomic mass is 9.98. The van der Waals surface area contributed by atoms with Gasteiger partial charge in [-0.3, -0.25) is 0 Å². The summed E-state index contributed by atoms with van der Waals surface area (Å²) in [6, 6.07) is 3.63. The van der Waals surface area contributed by atoms with Gasteiger partial charge in [-0.1, -0.05) is 20.8 Å². The maximum atomic E-state index is 12.4. The second-order valence-electron chi connectivity index (χ2n) is 5.59. The molecular formula is C15H28N2O2S2. The van der Waals surface area contributed by atoms with Crippen molar-refractivity contribution in [1.29, 1.82) is 0 Å². The smallest absolute Gasteiger partial charge is 0.250 e. The first-order valence-corrected chi connectivity index (χ1v) is 10.00. The Bertz CT molecular complexity index is 520. The summed E-state index contributed by atoms with van der Waals surface area (Å²) >= 11 is 1.37.